The van der Waals surface area contributed by atoms with E-state index < -0.39 is 0 Å². The van der Waals surface area contributed by atoms with Crippen LogP contribution in [0.1, 0.15) is 25.0 Å². The molecule has 1 aliphatic carbocycles. The highest BCUT2D eigenvalue weighted by molar-refractivity contribution is 6.27. The minimum atomic E-state index is -0.129. The Bertz CT molecular complexity index is 3060. The molecule has 0 spiro atoms. The fourth-order valence-electron chi connectivity index (χ4n) is 8.96. The Morgan fingerprint density at radius 3 is 1.96 bits per heavy atom. The highest BCUT2D eigenvalue weighted by atomic mass is 15.2. The van der Waals surface area contributed by atoms with Crippen LogP contribution in [0.15, 0.2) is 152 Å². The van der Waals surface area contributed by atoms with Gasteiger partial charge in [0.15, 0.2) is 0 Å². The summed E-state index contributed by atoms with van der Waals surface area (Å²) in [6.07, 6.45) is 0. The van der Waals surface area contributed by atoms with Crippen LogP contribution in [0, 0.1) is 0 Å². The molecular formula is C47H31N3. The zero-order chi connectivity index (χ0) is 33.1. The summed E-state index contributed by atoms with van der Waals surface area (Å²) in [5.41, 5.74) is 10.5. The number of hydrogen-bond acceptors (Lipinski definition) is 2. The molecule has 0 atom stereocenters. The predicted octanol–water partition coefficient (Wildman–Crippen LogP) is 12.2. The first kappa shape index (κ1) is 27.6. The van der Waals surface area contributed by atoms with Crippen molar-refractivity contribution in [2.75, 3.05) is 0 Å². The van der Waals surface area contributed by atoms with Gasteiger partial charge in [0.05, 0.1) is 22.2 Å². The second-order valence-corrected chi connectivity index (χ2v) is 14.2. The van der Waals surface area contributed by atoms with Crippen molar-refractivity contribution in [3.8, 4) is 28.3 Å². The smallest absolute Gasteiger partial charge is 0.235 e. The van der Waals surface area contributed by atoms with Crippen LogP contribution in [-0.2, 0) is 5.41 Å². The van der Waals surface area contributed by atoms with Crippen molar-refractivity contribution in [1.29, 1.82) is 0 Å². The Balaban J connectivity index is 1.31. The molecule has 0 fully saturated rings. The van der Waals surface area contributed by atoms with Crippen LogP contribution in [-0.4, -0.2) is 14.5 Å². The molecule has 0 saturated heterocycles. The van der Waals surface area contributed by atoms with Crippen LogP contribution >= 0.6 is 0 Å². The van der Waals surface area contributed by atoms with E-state index in [0.29, 0.717) is 5.95 Å². The number of fused-ring (bicyclic) bond motifs is 14. The second kappa shape index (κ2) is 9.87. The summed E-state index contributed by atoms with van der Waals surface area (Å²) < 4.78 is 2.30. The van der Waals surface area contributed by atoms with Crippen molar-refractivity contribution in [1.82, 2.24) is 14.5 Å². The molecule has 0 amide bonds. The molecule has 50 heavy (non-hydrogen) atoms. The molecule has 1 aliphatic rings. The normalized spacial score (nSPS) is 13.6. The summed E-state index contributed by atoms with van der Waals surface area (Å²) in [4.78, 5) is 11.1. The Kier molecular flexibility index (Phi) is 5.45. The molecule has 3 heteroatoms. The standard InChI is InChI=1S/C47H31N3/c1-47(2)39-22-12-10-18-32(39)35-25-24-29-26-38-33-19-11-13-23-40(33)50(41(38)27-37(29)43(35)47)46-48-44(28-14-4-3-5-15-28)42-34-20-8-6-16-30(34)31-17-7-9-21-36(31)45(42)49-46/h3-27H,1-2H3. The van der Waals surface area contributed by atoms with Crippen LogP contribution in [0.25, 0.3) is 93.4 Å². The summed E-state index contributed by atoms with van der Waals surface area (Å²) in [5.74, 6) is 0.678. The van der Waals surface area contributed by atoms with Gasteiger partial charge in [0, 0.05) is 32.5 Å². The molecule has 0 radical (unpaired) electrons. The maximum Gasteiger partial charge on any atom is 0.235 e. The third-order valence-corrected chi connectivity index (χ3v) is 11.1. The largest absolute Gasteiger partial charge is 0.278 e. The van der Waals surface area contributed by atoms with E-state index in [1.54, 1.807) is 0 Å². The van der Waals surface area contributed by atoms with Gasteiger partial charge in [-0.3, -0.25) is 4.57 Å². The maximum absolute atomic E-state index is 5.55. The predicted molar refractivity (Wildman–Crippen MR) is 209 cm³/mol. The number of nitrogens with zero attached hydrogens (tertiary/aromatic N) is 3. The molecular weight excluding hydrogens is 607 g/mol. The molecule has 0 N–H and O–H groups in total. The Morgan fingerprint density at radius 2 is 1.14 bits per heavy atom. The summed E-state index contributed by atoms with van der Waals surface area (Å²) in [6, 6.07) is 54.9. The van der Waals surface area contributed by atoms with Gasteiger partial charge >= 0.3 is 0 Å². The van der Waals surface area contributed by atoms with Gasteiger partial charge in [-0.2, -0.15) is 0 Å². The number of benzene rings is 8. The highest BCUT2D eigenvalue weighted by Crippen LogP contribution is 2.52. The van der Waals surface area contributed by atoms with Gasteiger partial charge < -0.3 is 0 Å². The van der Waals surface area contributed by atoms with E-state index in [4.69, 9.17) is 9.97 Å². The fraction of sp³-hybridized carbons (Fsp3) is 0.0638. The van der Waals surface area contributed by atoms with E-state index >= 15 is 0 Å². The Morgan fingerprint density at radius 1 is 0.480 bits per heavy atom. The van der Waals surface area contributed by atoms with Crippen LogP contribution in [0.4, 0.5) is 0 Å². The first-order valence-electron chi connectivity index (χ1n) is 17.4. The molecule has 0 bridgehead atoms. The van der Waals surface area contributed by atoms with Gasteiger partial charge in [-0.25, -0.2) is 9.97 Å². The first-order valence-corrected chi connectivity index (χ1v) is 17.4. The van der Waals surface area contributed by atoms with Crippen LogP contribution < -0.4 is 0 Å². The molecule has 2 heterocycles. The lowest BCUT2D eigenvalue weighted by molar-refractivity contribution is 0.666. The summed E-state index contributed by atoms with van der Waals surface area (Å²) in [6.45, 7) is 4.73. The molecule has 8 aromatic carbocycles. The van der Waals surface area contributed by atoms with Gasteiger partial charge in [0.1, 0.15) is 0 Å². The summed E-state index contributed by atoms with van der Waals surface area (Å²) in [7, 11) is 0. The monoisotopic (exact) mass is 637 g/mol. The average Bonchev–Trinajstić information content (AvgIpc) is 3.62. The number of rotatable bonds is 2. The van der Waals surface area contributed by atoms with Crippen molar-refractivity contribution in [3.05, 3.63) is 163 Å². The number of para-hydroxylation sites is 1. The van der Waals surface area contributed by atoms with E-state index in [1.807, 2.05) is 0 Å². The third-order valence-electron chi connectivity index (χ3n) is 11.1. The zero-order valence-corrected chi connectivity index (χ0v) is 27.8. The molecule has 3 nitrogen and oxygen atoms in total. The number of aromatic nitrogens is 3. The van der Waals surface area contributed by atoms with Gasteiger partial charge in [0.2, 0.25) is 5.95 Å². The van der Waals surface area contributed by atoms with Gasteiger partial charge in [0.25, 0.3) is 0 Å². The SMILES string of the molecule is CC1(C)c2ccccc2-c2ccc3cc4c5ccccc5n(-c5nc(-c6ccccc6)c6c7ccccc7c7ccccc7c6n5)c4cc3c21. The zero-order valence-electron chi connectivity index (χ0n) is 27.8. The molecule has 0 unspecified atom stereocenters. The molecule has 0 saturated carbocycles. The van der Waals surface area contributed by atoms with Crippen LogP contribution in [0.5, 0.6) is 0 Å². The minimum Gasteiger partial charge on any atom is -0.278 e. The topological polar surface area (TPSA) is 30.7 Å². The molecule has 11 rings (SSSR count). The van der Waals surface area contributed by atoms with Gasteiger partial charge in [-0.05, 0) is 67.4 Å². The minimum absolute atomic E-state index is 0.129. The molecule has 234 valence electrons. The van der Waals surface area contributed by atoms with Gasteiger partial charge in [-0.15, -0.1) is 0 Å². The Labute approximate surface area is 289 Å². The maximum atomic E-state index is 5.55. The van der Waals surface area contributed by atoms with Crippen molar-refractivity contribution >= 4 is 65.0 Å². The summed E-state index contributed by atoms with van der Waals surface area (Å²) >= 11 is 0. The molecule has 0 aliphatic heterocycles. The van der Waals surface area contributed by atoms with Crippen LogP contribution in [0.2, 0.25) is 0 Å². The van der Waals surface area contributed by atoms with E-state index in [2.05, 4.69) is 170 Å². The summed E-state index contributed by atoms with van der Waals surface area (Å²) in [5, 5.41) is 10.7. The molecule has 2 aromatic heterocycles. The van der Waals surface area contributed by atoms with Crippen molar-refractivity contribution in [2.45, 2.75) is 19.3 Å². The van der Waals surface area contributed by atoms with E-state index in [1.165, 1.54) is 54.6 Å². The fourth-order valence-corrected chi connectivity index (χ4v) is 8.96. The van der Waals surface area contributed by atoms with E-state index in [9.17, 15) is 0 Å². The lowest BCUT2D eigenvalue weighted by atomic mass is 9.80. The lowest BCUT2D eigenvalue weighted by Gasteiger charge is -2.23. The Hall–Kier alpha value is -6.32. The number of hydrogen-bond donors (Lipinski definition) is 0. The highest BCUT2D eigenvalue weighted by Gasteiger charge is 2.36. The second-order valence-electron chi connectivity index (χ2n) is 14.2. The van der Waals surface area contributed by atoms with Crippen molar-refractivity contribution in [2.24, 2.45) is 0 Å². The van der Waals surface area contributed by atoms with Crippen LogP contribution in [0.3, 0.4) is 0 Å². The van der Waals surface area contributed by atoms with E-state index in [-0.39, 0.29) is 5.41 Å². The van der Waals surface area contributed by atoms with E-state index in [0.717, 1.165) is 44.0 Å². The first-order chi connectivity index (χ1) is 24.6. The van der Waals surface area contributed by atoms with Gasteiger partial charge in [-0.1, -0.05) is 147 Å². The quantitative estimate of drug-likeness (QED) is 0.177. The average molecular weight is 638 g/mol. The molecule has 10 aromatic rings. The lowest BCUT2D eigenvalue weighted by Crippen LogP contribution is -2.15. The van der Waals surface area contributed by atoms with Crippen molar-refractivity contribution < 1.29 is 0 Å². The van der Waals surface area contributed by atoms with Crippen molar-refractivity contribution in [3.63, 3.8) is 0 Å². The third kappa shape index (κ3) is 3.59.